The second-order valence-corrected chi connectivity index (χ2v) is 5.94. The lowest BCUT2D eigenvalue weighted by Crippen LogP contribution is -2.32. The number of allylic oxidation sites excluding steroid dienone is 3. The molecule has 2 aliphatic rings. The van der Waals surface area contributed by atoms with Crippen LogP contribution in [0.15, 0.2) is 40.6 Å². The molecule has 2 rings (SSSR count). The number of carbonyl (C=O) groups is 2. The number of aliphatic imine (C=N–C) groups is 1. The first-order valence-electron chi connectivity index (χ1n) is 6.41. The molecule has 5 heteroatoms. The smallest absolute Gasteiger partial charge is 0.253 e. The van der Waals surface area contributed by atoms with E-state index in [0.717, 1.165) is 11.3 Å². The van der Waals surface area contributed by atoms with Gasteiger partial charge in [0.05, 0.1) is 11.1 Å². The molecule has 0 aromatic heterocycles. The number of rotatable bonds is 2. The van der Waals surface area contributed by atoms with Gasteiger partial charge in [0.2, 0.25) is 5.91 Å². The Kier molecular flexibility index (Phi) is 3.95. The SMILES string of the molecule is CC1=CC(=O)NC2=CC(=NC(=O)C(C)(C)CCl)C=CC12. The Hall–Kier alpha value is -1.68. The first kappa shape index (κ1) is 14.7. The molecule has 20 heavy (non-hydrogen) atoms. The molecule has 1 heterocycles. The van der Waals surface area contributed by atoms with Crippen molar-refractivity contribution in [2.75, 3.05) is 5.88 Å². The summed E-state index contributed by atoms with van der Waals surface area (Å²) in [6, 6.07) is 0. The van der Waals surface area contributed by atoms with Gasteiger partial charge in [0.25, 0.3) is 5.91 Å². The lowest BCUT2D eigenvalue weighted by molar-refractivity contribution is -0.124. The Balaban J connectivity index is 2.27. The van der Waals surface area contributed by atoms with Gasteiger partial charge in [0.1, 0.15) is 0 Å². The van der Waals surface area contributed by atoms with Gasteiger partial charge in [-0.15, -0.1) is 11.6 Å². The van der Waals surface area contributed by atoms with E-state index >= 15 is 0 Å². The summed E-state index contributed by atoms with van der Waals surface area (Å²) in [5, 5.41) is 2.78. The molecule has 0 radical (unpaired) electrons. The van der Waals surface area contributed by atoms with Crippen molar-refractivity contribution < 1.29 is 9.59 Å². The summed E-state index contributed by atoms with van der Waals surface area (Å²) in [5.41, 5.74) is 1.58. The maximum Gasteiger partial charge on any atom is 0.253 e. The van der Waals surface area contributed by atoms with E-state index < -0.39 is 5.41 Å². The third kappa shape index (κ3) is 2.90. The van der Waals surface area contributed by atoms with Crippen LogP contribution >= 0.6 is 11.6 Å². The van der Waals surface area contributed by atoms with Gasteiger partial charge in [-0.1, -0.05) is 11.6 Å². The molecule has 0 aromatic carbocycles. The fourth-order valence-electron chi connectivity index (χ4n) is 1.98. The molecule has 1 atom stereocenters. The molecule has 0 saturated heterocycles. The molecule has 1 unspecified atom stereocenters. The molecule has 2 amide bonds. The number of hydrogen-bond donors (Lipinski definition) is 1. The number of halogens is 1. The fraction of sp³-hybridized carbons (Fsp3) is 0.400. The zero-order valence-corrected chi connectivity index (χ0v) is 12.5. The van der Waals surface area contributed by atoms with Crippen molar-refractivity contribution in [1.82, 2.24) is 5.32 Å². The summed E-state index contributed by atoms with van der Waals surface area (Å²) in [6.45, 7) is 5.42. The number of nitrogens with one attached hydrogen (secondary N) is 1. The number of amides is 2. The maximum atomic E-state index is 12.0. The molecule has 0 bridgehead atoms. The van der Waals surface area contributed by atoms with Crippen LogP contribution in [0.2, 0.25) is 0 Å². The summed E-state index contributed by atoms with van der Waals surface area (Å²) in [7, 11) is 0. The van der Waals surface area contributed by atoms with E-state index in [9.17, 15) is 9.59 Å². The fourth-order valence-corrected chi connectivity index (χ4v) is 2.09. The van der Waals surface area contributed by atoms with Gasteiger partial charge >= 0.3 is 0 Å². The van der Waals surface area contributed by atoms with Gasteiger partial charge in [-0.3, -0.25) is 9.59 Å². The van der Waals surface area contributed by atoms with E-state index in [1.807, 2.05) is 13.0 Å². The first-order chi connectivity index (χ1) is 9.33. The highest BCUT2D eigenvalue weighted by Crippen LogP contribution is 2.27. The van der Waals surface area contributed by atoms with Crippen LogP contribution in [0.5, 0.6) is 0 Å². The molecule has 1 N–H and O–H groups in total. The minimum atomic E-state index is -0.691. The molecule has 0 fully saturated rings. The van der Waals surface area contributed by atoms with E-state index in [2.05, 4.69) is 10.3 Å². The van der Waals surface area contributed by atoms with Crippen molar-refractivity contribution in [3.05, 3.63) is 35.6 Å². The van der Waals surface area contributed by atoms with Gasteiger partial charge in [0.15, 0.2) is 0 Å². The van der Waals surface area contributed by atoms with E-state index in [1.54, 1.807) is 32.1 Å². The summed E-state index contributed by atoms with van der Waals surface area (Å²) >= 11 is 5.77. The monoisotopic (exact) mass is 292 g/mol. The Labute approximate surface area is 123 Å². The van der Waals surface area contributed by atoms with E-state index in [4.69, 9.17) is 11.6 Å². The first-order valence-corrected chi connectivity index (χ1v) is 6.95. The van der Waals surface area contributed by atoms with Crippen molar-refractivity contribution in [1.29, 1.82) is 0 Å². The van der Waals surface area contributed by atoms with Crippen molar-refractivity contribution >= 4 is 29.1 Å². The van der Waals surface area contributed by atoms with E-state index in [-0.39, 0.29) is 23.6 Å². The minimum absolute atomic E-state index is 0.0581. The zero-order chi connectivity index (χ0) is 14.9. The van der Waals surface area contributed by atoms with Crippen LogP contribution in [0.4, 0.5) is 0 Å². The Morgan fingerprint density at radius 1 is 1.45 bits per heavy atom. The highest BCUT2D eigenvalue weighted by molar-refractivity contribution is 6.20. The molecular formula is C15H17ClN2O2. The Morgan fingerprint density at radius 2 is 2.15 bits per heavy atom. The number of alkyl halides is 1. The van der Waals surface area contributed by atoms with Crippen LogP contribution in [-0.2, 0) is 9.59 Å². The molecule has 1 aliphatic carbocycles. The van der Waals surface area contributed by atoms with Gasteiger partial charge in [-0.05, 0) is 32.9 Å². The minimum Gasteiger partial charge on any atom is -0.325 e. The summed E-state index contributed by atoms with van der Waals surface area (Å²) in [5.74, 6) is -0.142. The third-order valence-electron chi connectivity index (χ3n) is 3.36. The molecule has 0 aromatic rings. The van der Waals surface area contributed by atoms with E-state index in [1.165, 1.54) is 0 Å². The molecular weight excluding hydrogens is 276 g/mol. The van der Waals surface area contributed by atoms with Gasteiger partial charge < -0.3 is 5.32 Å². The number of hydrogen-bond acceptors (Lipinski definition) is 2. The highest BCUT2D eigenvalue weighted by Gasteiger charge is 2.28. The van der Waals surface area contributed by atoms with Crippen LogP contribution in [0.3, 0.4) is 0 Å². The second-order valence-electron chi connectivity index (χ2n) is 5.67. The summed E-state index contributed by atoms with van der Waals surface area (Å²) < 4.78 is 0. The van der Waals surface area contributed by atoms with Gasteiger partial charge in [-0.25, -0.2) is 4.99 Å². The summed E-state index contributed by atoms with van der Waals surface area (Å²) in [4.78, 5) is 27.6. The van der Waals surface area contributed by atoms with Crippen LogP contribution < -0.4 is 5.32 Å². The average Bonchev–Trinajstić information content (AvgIpc) is 2.37. The largest absolute Gasteiger partial charge is 0.325 e. The second kappa shape index (κ2) is 5.37. The normalized spacial score (nSPS) is 23.9. The Bertz CT molecular complexity index is 583. The van der Waals surface area contributed by atoms with Crippen LogP contribution in [0, 0.1) is 11.3 Å². The quantitative estimate of drug-likeness (QED) is 0.794. The maximum absolute atomic E-state index is 12.0. The van der Waals surface area contributed by atoms with Gasteiger partial charge in [-0.2, -0.15) is 0 Å². The van der Waals surface area contributed by atoms with Gasteiger partial charge in [0, 0.05) is 23.6 Å². The molecule has 0 spiro atoms. The van der Waals surface area contributed by atoms with Crippen LogP contribution in [0.1, 0.15) is 20.8 Å². The molecule has 106 valence electrons. The Morgan fingerprint density at radius 3 is 2.80 bits per heavy atom. The lowest BCUT2D eigenvalue weighted by Gasteiger charge is -2.25. The van der Waals surface area contributed by atoms with Crippen LogP contribution in [-0.4, -0.2) is 23.4 Å². The topological polar surface area (TPSA) is 58.5 Å². The predicted molar refractivity (Wildman–Crippen MR) is 79.6 cm³/mol. The standard InChI is InChI=1S/C15H17ClN2O2/c1-9-6-13(19)18-12-7-10(4-5-11(9)12)17-14(20)15(2,3)8-16/h4-7,11H,8H2,1-3H3,(H,18,19). The molecule has 0 saturated carbocycles. The average molecular weight is 293 g/mol. The van der Waals surface area contributed by atoms with Crippen LogP contribution in [0.25, 0.3) is 0 Å². The number of fused-ring (bicyclic) bond motifs is 1. The number of nitrogens with zero attached hydrogens (tertiary/aromatic N) is 1. The zero-order valence-electron chi connectivity index (χ0n) is 11.7. The summed E-state index contributed by atoms with van der Waals surface area (Å²) in [6.07, 6.45) is 7.04. The van der Waals surface area contributed by atoms with E-state index in [0.29, 0.717) is 5.71 Å². The van der Waals surface area contributed by atoms with Crippen molar-refractivity contribution in [3.63, 3.8) is 0 Å². The highest BCUT2D eigenvalue weighted by atomic mass is 35.5. The van der Waals surface area contributed by atoms with Crippen molar-refractivity contribution in [3.8, 4) is 0 Å². The lowest BCUT2D eigenvalue weighted by atomic mass is 9.88. The number of carbonyl (C=O) groups excluding carboxylic acids is 2. The third-order valence-corrected chi connectivity index (χ3v) is 4.03. The molecule has 4 nitrogen and oxygen atoms in total. The van der Waals surface area contributed by atoms with Crippen molar-refractivity contribution in [2.24, 2.45) is 16.3 Å². The predicted octanol–water partition coefficient (Wildman–Crippen LogP) is 2.37. The van der Waals surface area contributed by atoms with Crippen molar-refractivity contribution in [2.45, 2.75) is 20.8 Å². The molecule has 1 aliphatic heterocycles.